The van der Waals surface area contributed by atoms with E-state index in [-0.39, 0.29) is 11.9 Å². The molecule has 0 saturated heterocycles. The first-order valence-corrected chi connectivity index (χ1v) is 7.72. The Morgan fingerprint density at radius 2 is 1.67 bits per heavy atom. The molecule has 4 heteroatoms. The quantitative estimate of drug-likeness (QED) is 0.847. The molecule has 2 aromatic carbocycles. The molecule has 0 heterocycles. The van der Waals surface area contributed by atoms with Gasteiger partial charge in [0.2, 0.25) is 0 Å². The van der Waals surface area contributed by atoms with Crippen molar-refractivity contribution in [2.75, 3.05) is 20.6 Å². The first-order valence-electron chi connectivity index (χ1n) is 6.93. The molecule has 2 aromatic rings. The molecule has 1 atom stereocenters. The van der Waals surface area contributed by atoms with E-state index in [1.165, 1.54) is 17.7 Å². The lowest BCUT2D eigenvalue weighted by atomic mass is 10.1. The van der Waals surface area contributed by atoms with E-state index in [9.17, 15) is 4.39 Å². The van der Waals surface area contributed by atoms with Crippen molar-refractivity contribution in [1.29, 1.82) is 0 Å². The van der Waals surface area contributed by atoms with Crippen molar-refractivity contribution >= 4 is 15.9 Å². The number of hydrogen-bond acceptors (Lipinski definition) is 2. The minimum Gasteiger partial charge on any atom is -0.311 e. The van der Waals surface area contributed by atoms with Gasteiger partial charge in [-0.2, -0.15) is 0 Å². The molecule has 0 aliphatic rings. The Balaban J connectivity index is 1.94. The number of rotatable bonds is 6. The summed E-state index contributed by atoms with van der Waals surface area (Å²) in [6, 6.07) is 15.2. The third-order valence-corrected chi connectivity index (χ3v) is 3.99. The Morgan fingerprint density at radius 1 is 1.05 bits per heavy atom. The fourth-order valence-corrected chi connectivity index (χ4v) is 2.50. The Morgan fingerprint density at radius 3 is 2.24 bits per heavy atom. The van der Waals surface area contributed by atoms with Gasteiger partial charge in [0.05, 0.1) is 0 Å². The highest BCUT2D eigenvalue weighted by Crippen LogP contribution is 2.18. The lowest BCUT2D eigenvalue weighted by Crippen LogP contribution is -2.30. The van der Waals surface area contributed by atoms with Crippen LogP contribution >= 0.6 is 15.9 Å². The van der Waals surface area contributed by atoms with Crippen LogP contribution in [0.3, 0.4) is 0 Å². The molecule has 0 amide bonds. The molecular formula is C17H20BrFN2. The van der Waals surface area contributed by atoms with E-state index in [2.05, 4.69) is 38.3 Å². The third kappa shape index (κ3) is 4.92. The van der Waals surface area contributed by atoms with E-state index in [1.807, 2.05) is 38.4 Å². The highest BCUT2D eigenvalue weighted by Gasteiger charge is 2.13. The lowest BCUT2D eigenvalue weighted by molar-refractivity contribution is 0.288. The molecule has 0 saturated carbocycles. The van der Waals surface area contributed by atoms with E-state index in [1.54, 1.807) is 0 Å². The summed E-state index contributed by atoms with van der Waals surface area (Å²) in [5.41, 5.74) is 2.36. The van der Waals surface area contributed by atoms with Crippen LogP contribution in [0, 0.1) is 5.82 Å². The molecule has 21 heavy (non-hydrogen) atoms. The van der Waals surface area contributed by atoms with E-state index in [0.717, 1.165) is 23.1 Å². The molecule has 0 aliphatic carbocycles. The maximum Gasteiger partial charge on any atom is 0.123 e. The molecule has 0 aliphatic heterocycles. The number of hydrogen-bond donors (Lipinski definition) is 1. The fraction of sp³-hybridized carbons (Fsp3) is 0.294. The summed E-state index contributed by atoms with van der Waals surface area (Å²) < 4.78 is 14.1. The SMILES string of the molecule is CN(C)C(CNCc1ccc(Br)cc1)c1ccc(F)cc1. The van der Waals surface area contributed by atoms with Gasteiger partial charge in [-0.3, -0.25) is 0 Å². The van der Waals surface area contributed by atoms with Crippen LogP contribution in [-0.4, -0.2) is 25.5 Å². The van der Waals surface area contributed by atoms with Gasteiger partial charge in [-0.25, -0.2) is 4.39 Å². The summed E-state index contributed by atoms with van der Waals surface area (Å²) in [5, 5.41) is 3.46. The summed E-state index contributed by atoms with van der Waals surface area (Å²) in [7, 11) is 4.07. The van der Waals surface area contributed by atoms with Crippen LogP contribution in [0.1, 0.15) is 17.2 Å². The zero-order valence-electron chi connectivity index (χ0n) is 12.3. The summed E-state index contributed by atoms with van der Waals surface area (Å²) in [6.07, 6.45) is 0. The van der Waals surface area contributed by atoms with Crippen molar-refractivity contribution in [3.8, 4) is 0 Å². The molecule has 1 unspecified atom stereocenters. The number of nitrogens with zero attached hydrogens (tertiary/aromatic N) is 1. The average Bonchev–Trinajstić information content (AvgIpc) is 2.46. The van der Waals surface area contributed by atoms with Gasteiger partial charge in [0, 0.05) is 23.6 Å². The highest BCUT2D eigenvalue weighted by molar-refractivity contribution is 9.10. The standard InChI is InChI=1S/C17H20BrFN2/c1-21(2)17(14-5-9-16(19)10-6-14)12-20-11-13-3-7-15(18)8-4-13/h3-10,17,20H,11-12H2,1-2H3. The zero-order chi connectivity index (χ0) is 15.2. The fourth-order valence-electron chi connectivity index (χ4n) is 2.24. The van der Waals surface area contributed by atoms with Crippen LogP contribution in [0.15, 0.2) is 53.0 Å². The van der Waals surface area contributed by atoms with Gasteiger partial charge < -0.3 is 10.2 Å². The molecule has 2 nitrogen and oxygen atoms in total. The molecule has 1 N–H and O–H groups in total. The predicted octanol–water partition coefficient (Wildman–Crippen LogP) is 3.98. The second-order valence-corrected chi connectivity index (χ2v) is 6.20. The van der Waals surface area contributed by atoms with Crippen LogP contribution < -0.4 is 5.32 Å². The normalized spacial score (nSPS) is 12.6. The molecule has 0 fully saturated rings. The van der Waals surface area contributed by atoms with Crippen molar-refractivity contribution < 1.29 is 4.39 Å². The maximum absolute atomic E-state index is 13.0. The predicted molar refractivity (Wildman–Crippen MR) is 88.7 cm³/mol. The van der Waals surface area contributed by atoms with E-state index in [4.69, 9.17) is 0 Å². The number of halogens is 2. The van der Waals surface area contributed by atoms with Gasteiger partial charge in [-0.15, -0.1) is 0 Å². The van der Waals surface area contributed by atoms with Crippen molar-refractivity contribution in [1.82, 2.24) is 10.2 Å². The van der Waals surface area contributed by atoms with Crippen LogP contribution in [0.4, 0.5) is 4.39 Å². The van der Waals surface area contributed by atoms with Gasteiger partial charge in [0.15, 0.2) is 0 Å². The van der Waals surface area contributed by atoms with Gasteiger partial charge in [-0.05, 0) is 49.5 Å². The Hall–Kier alpha value is -1.23. The van der Waals surface area contributed by atoms with Gasteiger partial charge in [0.25, 0.3) is 0 Å². The number of nitrogens with one attached hydrogen (secondary N) is 1. The summed E-state index contributed by atoms with van der Waals surface area (Å²) in [4.78, 5) is 2.14. The minimum absolute atomic E-state index is 0.195. The second kappa shape index (κ2) is 7.69. The number of likely N-dealkylation sites (N-methyl/N-ethyl adjacent to an activating group) is 1. The van der Waals surface area contributed by atoms with Crippen LogP contribution in [0.2, 0.25) is 0 Å². The van der Waals surface area contributed by atoms with Crippen molar-refractivity contribution in [3.05, 3.63) is 69.9 Å². The Labute approximate surface area is 134 Å². The number of benzene rings is 2. The second-order valence-electron chi connectivity index (χ2n) is 5.29. The van der Waals surface area contributed by atoms with Gasteiger partial charge in [0.1, 0.15) is 5.82 Å². The van der Waals surface area contributed by atoms with Crippen LogP contribution in [0.5, 0.6) is 0 Å². The van der Waals surface area contributed by atoms with Crippen LogP contribution in [-0.2, 0) is 6.54 Å². The Bertz CT molecular complexity index is 552. The summed E-state index contributed by atoms with van der Waals surface area (Å²) >= 11 is 3.43. The summed E-state index contributed by atoms with van der Waals surface area (Å²) in [5.74, 6) is -0.195. The zero-order valence-corrected chi connectivity index (χ0v) is 13.9. The molecule has 0 radical (unpaired) electrons. The minimum atomic E-state index is -0.195. The molecule has 0 aromatic heterocycles. The molecule has 0 spiro atoms. The monoisotopic (exact) mass is 350 g/mol. The smallest absolute Gasteiger partial charge is 0.123 e. The topological polar surface area (TPSA) is 15.3 Å². The van der Waals surface area contributed by atoms with Gasteiger partial charge in [-0.1, -0.05) is 40.2 Å². The van der Waals surface area contributed by atoms with E-state index >= 15 is 0 Å². The van der Waals surface area contributed by atoms with E-state index < -0.39 is 0 Å². The first kappa shape index (κ1) is 16.1. The summed E-state index contributed by atoms with van der Waals surface area (Å²) in [6.45, 7) is 1.63. The van der Waals surface area contributed by atoms with Crippen LogP contribution in [0.25, 0.3) is 0 Å². The lowest BCUT2D eigenvalue weighted by Gasteiger charge is -2.25. The first-order chi connectivity index (χ1) is 10.1. The molecular weight excluding hydrogens is 331 g/mol. The third-order valence-electron chi connectivity index (χ3n) is 3.46. The highest BCUT2D eigenvalue weighted by atomic mass is 79.9. The largest absolute Gasteiger partial charge is 0.311 e. The molecule has 112 valence electrons. The molecule has 0 bridgehead atoms. The van der Waals surface area contributed by atoms with Gasteiger partial charge >= 0.3 is 0 Å². The van der Waals surface area contributed by atoms with E-state index in [0.29, 0.717) is 0 Å². The van der Waals surface area contributed by atoms with Crippen molar-refractivity contribution in [3.63, 3.8) is 0 Å². The Kier molecular flexibility index (Phi) is 5.91. The average molecular weight is 351 g/mol. The van der Waals surface area contributed by atoms with Crippen molar-refractivity contribution in [2.24, 2.45) is 0 Å². The maximum atomic E-state index is 13.0. The molecule has 2 rings (SSSR count). The van der Waals surface area contributed by atoms with Crippen molar-refractivity contribution in [2.45, 2.75) is 12.6 Å².